The summed E-state index contributed by atoms with van der Waals surface area (Å²) in [5.74, 6) is -1.08. The van der Waals surface area contributed by atoms with Crippen molar-refractivity contribution in [2.45, 2.75) is 6.92 Å². The molecule has 0 aliphatic heterocycles. The summed E-state index contributed by atoms with van der Waals surface area (Å²) in [6.45, 7) is 0.972. The van der Waals surface area contributed by atoms with Crippen LogP contribution in [0.25, 0.3) is 0 Å². The molecule has 0 aliphatic carbocycles. The van der Waals surface area contributed by atoms with E-state index in [-0.39, 0.29) is 58.7 Å². The summed E-state index contributed by atoms with van der Waals surface area (Å²) in [4.78, 5) is 8.89. The fourth-order valence-corrected chi connectivity index (χ4v) is 0. The summed E-state index contributed by atoms with van der Waals surface area (Å²) in [5.41, 5.74) is 0. The molecule has 0 amide bonds. The molecule has 0 aromatic heterocycles. The molecule has 3 nitrogen and oxygen atoms in total. The van der Waals surface area contributed by atoms with Crippen LogP contribution in [0.5, 0.6) is 0 Å². The second-order valence-corrected chi connectivity index (χ2v) is 0.492. The second kappa shape index (κ2) is 15.7. The number of hydrogen-bond acceptors (Lipinski definition) is 2. The van der Waals surface area contributed by atoms with Crippen molar-refractivity contribution in [3.8, 4) is 0 Å². The molecule has 44 valence electrons. The van der Waals surface area contributed by atoms with E-state index in [1.54, 1.807) is 0 Å². The Balaban J connectivity index is -0.0000000150. The van der Waals surface area contributed by atoms with Gasteiger partial charge in [-0.25, -0.2) is 0 Å². The van der Waals surface area contributed by atoms with Crippen LogP contribution in [0.4, 0.5) is 0 Å². The summed E-state index contributed by atoms with van der Waals surface area (Å²) in [7, 11) is 0. The fraction of sp³-hybridized carbons (Fsp3) is 0.500. The number of hydrogen-bond donors (Lipinski definition) is 0. The van der Waals surface area contributed by atoms with Gasteiger partial charge in [-0.3, -0.25) is 0 Å². The first kappa shape index (κ1) is 24.4. The molecule has 0 unspecified atom stereocenters. The van der Waals surface area contributed by atoms with Crippen LogP contribution in [0.2, 0.25) is 0 Å². The van der Waals surface area contributed by atoms with E-state index in [9.17, 15) is 0 Å². The third kappa shape index (κ3) is 159. The van der Waals surface area contributed by atoms with Gasteiger partial charge in [-0.15, -0.1) is 0 Å². The molecule has 0 aromatic carbocycles. The van der Waals surface area contributed by atoms with E-state index in [2.05, 4.69) is 0 Å². The molecule has 2 N–H and O–H groups in total. The molecule has 0 atom stereocenters. The van der Waals surface area contributed by atoms with Gasteiger partial charge in [0.1, 0.15) is 0 Å². The zero-order valence-corrected chi connectivity index (χ0v) is 7.66. The van der Waals surface area contributed by atoms with Crippen molar-refractivity contribution < 1.29 is 68.6 Å². The van der Waals surface area contributed by atoms with E-state index in [0.29, 0.717) is 0 Å². The maximum absolute atomic E-state index is 8.89. The number of rotatable bonds is 0. The molecule has 0 radical (unpaired) electrons. The van der Waals surface area contributed by atoms with Gasteiger partial charge >= 0.3 is 0 Å². The minimum atomic E-state index is -1.08. The van der Waals surface area contributed by atoms with Crippen molar-refractivity contribution in [1.82, 2.24) is 0 Å². The first-order valence-corrected chi connectivity index (χ1v) is 0.908. The average Bonchev–Trinajstić information content (AvgIpc) is 0.811. The number of carbonyl (C=O) groups excluding carboxylic acids is 1. The molecule has 7 heavy (non-hydrogen) atoms. The van der Waals surface area contributed by atoms with E-state index in [1.165, 1.54) is 0 Å². The Morgan fingerprint density at radius 3 is 1.57 bits per heavy atom. The minimum Gasteiger partial charge on any atom is -1.00 e. The zero-order valence-electron chi connectivity index (χ0n) is 3.69. The van der Waals surface area contributed by atoms with Gasteiger partial charge in [0.25, 0.3) is 0 Å². The van der Waals surface area contributed by atoms with E-state index < -0.39 is 5.97 Å². The normalized spacial score (nSPS) is 3.57. The third-order valence-electron chi connectivity index (χ3n) is 0. The molecule has 0 saturated carbocycles. The van der Waals surface area contributed by atoms with Crippen LogP contribution in [-0.2, 0) is 4.79 Å². The number of aliphatic carboxylic acids is 1. The molecule has 0 spiro atoms. The van der Waals surface area contributed by atoms with Gasteiger partial charge in [0.15, 0.2) is 0 Å². The largest absolute Gasteiger partial charge is 1.00 e. The van der Waals surface area contributed by atoms with Crippen molar-refractivity contribution in [2.24, 2.45) is 0 Å². The smallest absolute Gasteiger partial charge is 0.0383 e. The molecule has 0 saturated heterocycles. The Morgan fingerprint density at radius 1 is 1.57 bits per heavy atom. The van der Waals surface area contributed by atoms with Crippen molar-refractivity contribution in [3.05, 3.63) is 0 Å². The fourth-order valence-electron chi connectivity index (χ4n) is 0. The molecule has 0 heterocycles. The standard InChI is InChI=1S/C2H4O2.ClH.Nd.H2O/c1-2(3)4;;;/h1H3,(H,3,4);1H;;1H2/p-2. The van der Waals surface area contributed by atoms with Crippen LogP contribution < -0.4 is 17.5 Å². The Bertz CT molecular complexity index is 35.9. The summed E-state index contributed by atoms with van der Waals surface area (Å²) in [6.07, 6.45) is 0. The van der Waals surface area contributed by atoms with Gasteiger partial charge in [0.2, 0.25) is 0 Å². The molecule has 0 fully saturated rings. The molecule has 0 rings (SSSR count). The second-order valence-electron chi connectivity index (χ2n) is 0.492. The molecule has 0 bridgehead atoms. The molecule has 0 aliphatic rings. The number of halogens is 1. The molecular weight excluding hydrogens is 252 g/mol. The average molecular weight is 257 g/mol. The maximum atomic E-state index is 8.89. The third-order valence-corrected chi connectivity index (χ3v) is 0. The minimum absolute atomic E-state index is 0. The van der Waals surface area contributed by atoms with Crippen molar-refractivity contribution in [1.29, 1.82) is 0 Å². The Labute approximate surface area is 80.7 Å². The predicted octanol–water partition coefficient (Wildman–Crippen LogP) is -5.06. The van der Waals surface area contributed by atoms with Gasteiger partial charge in [0.05, 0.1) is 0 Å². The van der Waals surface area contributed by atoms with Crippen molar-refractivity contribution in [3.63, 3.8) is 0 Å². The van der Waals surface area contributed by atoms with Gasteiger partial charge in [0, 0.05) is 46.8 Å². The van der Waals surface area contributed by atoms with Crippen LogP contribution in [0.1, 0.15) is 6.92 Å². The van der Waals surface area contributed by atoms with Crippen LogP contribution >= 0.6 is 0 Å². The van der Waals surface area contributed by atoms with E-state index in [4.69, 9.17) is 9.90 Å². The monoisotopic (exact) mass is 254 g/mol. The van der Waals surface area contributed by atoms with Crippen LogP contribution in [0.15, 0.2) is 0 Å². The van der Waals surface area contributed by atoms with E-state index >= 15 is 0 Å². The Hall–Kier alpha value is 1.07. The van der Waals surface area contributed by atoms with E-state index in [0.717, 1.165) is 6.92 Å². The van der Waals surface area contributed by atoms with Gasteiger partial charge in [-0.1, -0.05) is 0 Å². The zero-order chi connectivity index (χ0) is 3.58. The quantitative estimate of drug-likeness (QED) is 0.435. The van der Waals surface area contributed by atoms with Crippen LogP contribution in [0, 0.1) is 40.8 Å². The number of carbonyl (C=O) groups is 1. The van der Waals surface area contributed by atoms with Crippen LogP contribution in [0.3, 0.4) is 0 Å². The maximum Gasteiger partial charge on any atom is 0.0383 e. The van der Waals surface area contributed by atoms with Crippen molar-refractivity contribution in [2.75, 3.05) is 0 Å². The van der Waals surface area contributed by atoms with Crippen molar-refractivity contribution >= 4 is 5.97 Å². The summed E-state index contributed by atoms with van der Waals surface area (Å²) < 4.78 is 0. The van der Waals surface area contributed by atoms with Crippen LogP contribution in [-0.4, -0.2) is 11.4 Å². The number of carboxylic acids is 1. The summed E-state index contributed by atoms with van der Waals surface area (Å²) in [5, 5.41) is 8.89. The topological polar surface area (TPSA) is 71.6 Å². The molecular formula is C2H5ClNdO3-2. The van der Waals surface area contributed by atoms with Gasteiger partial charge < -0.3 is 27.8 Å². The SMILES string of the molecule is CC(=O)[O-].O.[Cl-].[Nd]. The Morgan fingerprint density at radius 2 is 1.57 bits per heavy atom. The number of carboxylic acid groups (broad SMARTS) is 1. The van der Waals surface area contributed by atoms with Gasteiger partial charge in [-0.05, 0) is 6.92 Å². The summed E-state index contributed by atoms with van der Waals surface area (Å²) in [6, 6.07) is 0. The summed E-state index contributed by atoms with van der Waals surface area (Å²) >= 11 is 0. The molecule has 5 heteroatoms. The predicted molar refractivity (Wildman–Crippen MR) is 14.3 cm³/mol. The Kier molecular flexibility index (Phi) is 54.7. The first-order chi connectivity index (χ1) is 1.73. The molecule has 0 aromatic rings. The van der Waals surface area contributed by atoms with E-state index in [1.807, 2.05) is 0 Å². The first-order valence-electron chi connectivity index (χ1n) is 0.908. The van der Waals surface area contributed by atoms with Gasteiger partial charge in [-0.2, -0.15) is 0 Å².